The molecule has 0 unspecified atom stereocenters. The number of rotatable bonds is 2. The summed E-state index contributed by atoms with van der Waals surface area (Å²) in [5.74, 6) is -0.830. The van der Waals surface area contributed by atoms with Crippen LogP contribution in [0.4, 0.5) is 17.6 Å². The summed E-state index contributed by atoms with van der Waals surface area (Å²) in [5.41, 5.74) is -3.66. The summed E-state index contributed by atoms with van der Waals surface area (Å²) in [6.07, 6.45) is -3.87. The molecule has 2 rings (SSSR count). The second kappa shape index (κ2) is 4.59. The number of hydrogen-bond acceptors (Lipinski definition) is 2. The Morgan fingerprint density at radius 2 is 1.75 bits per heavy atom. The zero-order valence-corrected chi connectivity index (χ0v) is 10.7. The Bertz CT molecular complexity index is 626. The summed E-state index contributed by atoms with van der Waals surface area (Å²) in [7, 11) is 0. The molecule has 0 aliphatic heterocycles. The van der Waals surface area contributed by atoms with Gasteiger partial charge in [-0.15, -0.1) is 0 Å². The van der Waals surface area contributed by atoms with E-state index in [-0.39, 0.29) is 5.69 Å². The van der Waals surface area contributed by atoms with Crippen molar-refractivity contribution in [3.8, 4) is 5.69 Å². The van der Waals surface area contributed by atoms with Crippen LogP contribution in [0.3, 0.4) is 0 Å². The maximum Gasteiger partial charge on any atom is 0.433 e. The summed E-state index contributed by atoms with van der Waals surface area (Å²) in [6.45, 7) is 2.43. The van der Waals surface area contributed by atoms with Crippen LogP contribution in [0.1, 0.15) is 25.1 Å². The van der Waals surface area contributed by atoms with Crippen LogP contribution in [-0.2, 0) is 11.8 Å². The van der Waals surface area contributed by atoms with E-state index in [1.165, 1.54) is 32.0 Å². The number of para-hydroxylation sites is 1. The molecule has 0 spiro atoms. The lowest BCUT2D eigenvalue weighted by Gasteiger charge is -2.20. The van der Waals surface area contributed by atoms with E-state index in [4.69, 9.17) is 0 Å². The van der Waals surface area contributed by atoms with E-state index in [1.807, 2.05) is 0 Å². The maximum atomic E-state index is 13.7. The normalized spacial score (nSPS) is 12.8. The molecular formula is C13H12F4N2O. The minimum atomic E-state index is -4.77. The van der Waals surface area contributed by atoms with Gasteiger partial charge in [0.15, 0.2) is 5.69 Å². The molecule has 1 aromatic heterocycles. The fourth-order valence-electron chi connectivity index (χ4n) is 1.88. The van der Waals surface area contributed by atoms with E-state index in [0.29, 0.717) is 4.68 Å². The Kier molecular flexibility index (Phi) is 3.33. The van der Waals surface area contributed by atoms with Crippen LogP contribution in [0.25, 0.3) is 5.69 Å². The second-order valence-corrected chi connectivity index (χ2v) is 4.83. The number of alkyl halides is 3. The fourth-order valence-corrected chi connectivity index (χ4v) is 1.88. The molecule has 2 aromatic rings. The number of nitrogens with zero attached hydrogens (tertiary/aromatic N) is 2. The molecule has 1 heterocycles. The van der Waals surface area contributed by atoms with Crippen molar-refractivity contribution in [1.82, 2.24) is 9.78 Å². The predicted octanol–water partition coefficient (Wildman–Crippen LogP) is 3.26. The van der Waals surface area contributed by atoms with E-state index >= 15 is 0 Å². The van der Waals surface area contributed by atoms with Crippen LogP contribution in [0.5, 0.6) is 0 Å². The first-order valence-corrected chi connectivity index (χ1v) is 5.75. The van der Waals surface area contributed by atoms with Gasteiger partial charge in [0.25, 0.3) is 0 Å². The Balaban J connectivity index is 2.74. The first kappa shape index (κ1) is 14.5. The fraction of sp³-hybridized carbons (Fsp3) is 0.308. The van der Waals surface area contributed by atoms with Crippen LogP contribution in [0, 0.1) is 5.82 Å². The minimum Gasteiger partial charge on any atom is -0.386 e. The summed E-state index contributed by atoms with van der Waals surface area (Å²) < 4.78 is 53.7. The third kappa shape index (κ3) is 2.53. The second-order valence-electron chi connectivity index (χ2n) is 4.83. The number of halogens is 4. The van der Waals surface area contributed by atoms with Crippen LogP contribution >= 0.6 is 0 Å². The van der Waals surface area contributed by atoms with Gasteiger partial charge in [-0.05, 0) is 26.0 Å². The van der Waals surface area contributed by atoms with Crippen LogP contribution in [0.15, 0.2) is 30.5 Å². The largest absolute Gasteiger partial charge is 0.433 e. The Labute approximate surface area is 112 Å². The van der Waals surface area contributed by atoms with Gasteiger partial charge in [0.1, 0.15) is 11.5 Å². The van der Waals surface area contributed by atoms with Crippen molar-refractivity contribution in [3.05, 3.63) is 47.5 Å². The lowest BCUT2D eigenvalue weighted by Crippen LogP contribution is -2.23. The van der Waals surface area contributed by atoms with Crippen molar-refractivity contribution < 1.29 is 22.7 Å². The molecule has 3 nitrogen and oxygen atoms in total. The van der Waals surface area contributed by atoms with Gasteiger partial charge in [-0.3, -0.25) is 0 Å². The number of aliphatic hydroxyl groups is 1. The van der Waals surface area contributed by atoms with E-state index < -0.39 is 28.9 Å². The Hall–Kier alpha value is -1.89. The van der Waals surface area contributed by atoms with Crippen LogP contribution < -0.4 is 0 Å². The van der Waals surface area contributed by atoms with E-state index in [2.05, 4.69) is 5.10 Å². The summed E-state index contributed by atoms with van der Waals surface area (Å²) in [4.78, 5) is 0. The van der Waals surface area contributed by atoms with Gasteiger partial charge in [-0.25, -0.2) is 9.07 Å². The highest BCUT2D eigenvalue weighted by Gasteiger charge is 2.42. The van der Waals surface area contributed by atoms with Crippen molar-refractivity contribution in [2.45, 2.75) is 25.6 Å². The number of aromatic nitrogens is 2. The van der Waals surface area contributed by atoms with Crippen LogP contribution in [0.2, 0.25) is 0 Å². The molecule has 0 saturated carbocycles. The molecule has 0 amide bonds. The SMILES string of the molecule is CC(C)(O)c1cnn(-c2ccccc2F)c1C(F)(F)F. The molecule has 0 radical (unpaired) electrons. The van der Waals surface area contributed by atoms with Crippen molar-refractivity contribution in [2.75, 3.05) is 0 Å². The average Bonchev–Trinajstić information content (AvgIpc) is 2.73. The van der Waals surface area contributed by atoms with Gasteiger partial charge in [-0.1, -0.05) is 12.1 Å². The monoisotopic (exact) mass is 288 g/mol. The molecule has 0 bridgehead atoms. The van der Waals surface area contributed by atoms with Crippen molar-refractivity contribution in [3.63, 3.8) is 0 Å². The van der Waals surface area contributed by atoms with Gasteiger partial charge in [0, 0.05) is 5.56 Å². The van der Waals surface area contributed by atoms with Gasteiger partial charge in [-0.2, -0.15) is 18.3 Å². The number of hydrogen-bond donors (Lipinski definition) is 1. The predicted molar refractivity (Wildman–Crippen MR) is 63.8 cm³/mol. The maximum absolute atomic E-state index is 13.7. The molecule has 108 valence electrons. The quantitative estimate of drug-likeness (QED) is 0.861. The van der Waals surface area contributed by atoms with E-state index in [1.54, 1.807) is 0 Å². The van der Waals surface area contributed by atoms with E-state index in [9.17, 15) is 22.7 Å². The summed E-state index contributed by atoms with van der Waals surface area (Å²) >= 11 is 0. The molecular weight excluding hydrogens is 276 g/mol. The lowest BCUT2D eigenvalue weighted by molar-refractivity contribution is -0.145. The number of benzene rings is 1. The van der Waals surface area contributed by atoms with Gasteiger partial charge in [0.2, 0.25) is 0 Å². The highest BCUT2D eigenvalue weighted by atomic mass is 19.4. The first-order chi connectivity index (χ1) is 9.12. The van der Waals surface area contributed by atoms with Crippen molar-refractivity contribution in [1.29, 1.82) is 0 Å². The van der Waals surface area contributed by atoms with Gasteiger partial charge >= 0.3 is 6.18 Å². The third-order valence-corrected chi connectivity index (χ3v) is 2.78. The molecule has 0 atom stereocenters. The summed E-state index contributed by atoms with van der Waals surface area (Å²) in [6, 6.07) is 5.00. The van der Waals surface area contributed by atoms with Gasteiger partial charge < -0.3 is 5.11 Å². The minimum absolute atomic E-state index is 0.324. The van der Waals surface area contributed by atoms with Gasteiger partial charge in [0.05, 0.1) is 11.8 Å². The average molecular weight is 288 g/mol. The van der Waals surface area contributed by atoms with E-state index in [0.717, 1.165) is 12.3 Å². The Morgan fingerprint density at radius 1 is 1.15 bits per heavy atom. The highest BCUT2D eigenvalue weighted by molar-refractivity contribution is 5.39. The molecule has 0 aliphatic rings. The first-order valence-electron chi connectivity index (χ1n) is 5.75. The lowest BCUT2D eigenvalue weighted by atomic mass is 9.99. The topological polar surface area (TPSA) is 38.1 Å². The van der Waals surface area contributed by atoms with Crippen molar-refractivity contribution >= 4 is 0 Å². The summed E-state index contributed by atoms with van der Waals surface area (Å²) in [5, 5.41) is 13.4. The molecule has 1 aromatic carbocycles. The molecule has 20 heavy (non-hydrogen) atoms. The third-order valence-electron chi connectivity index (χ3n) is 2.78. The van der Waals surface area contributed by atoms with Crippen LogP contribution in [-0.4, -0.2) is 14.9 Å². The molecule has 0 fully saturated rings. The Morgan fingerprint density at radius 3 is 2.25 bits per heavy atom. The highest BCUT2D eigenvalue weighted by Crippen LogP contribution is 2.38. The van der Waals surface area contributed by atoms with Crippen molar-refractivity contribution in [2.24, 2.45) is 0 Å². The molecule has 1 N–H and O–H groups in total. The molecule has 0 aliphatic carbocycles. The molecule has 0 saturated heterocycles. The standard InChI is InChI=1S/C13H12F4N2O/c1-12(2,20)8-7-18-19(11(8)13(15,16)17)10-6-4-3-5-9(10)14/h3-7,20H,1-2H3. The zero-order chi connectivity index (χ0) is 15.1. The smallest absolute Gasteiger partial charge is 0.386 e. The molecule has 7 heteroatoms. The zero-order valence-electron chi connectivity index (χ0n) is 10.7.